The van der Waals surface area contributed by atoms with Crippen LogP contribution < -0.4 is 5.11 Å². The highest BCUT2D eigenvalue weighted by Gasteiger charge is 2.04. The smallest absolute Gasteiger partial charge is 0.162 e. The Morgan fingerprint density at radius 1 is 1.13 bits per heavy atom. The Morgan fingerprint density at radius 2 is 1.73 bits per heavy atom. The number of Topliss-reactive ketones (excluding diaryl/α,β-unsaturated/α-hetero) is 1. The van der Waals surface area contributed by atoms with Crippen molar-refractivity contribution in [3.8, 4) is 0 Å². The number of carbonyl (C=O) groups is 2. The molecule has 0 N–H and O–H groups in total. The number of halogens is 1. The fourth-order valence-electron chi connectivity index (χ4n) is 1.17. The summed E-state index contributed by atoms with van der Waals surface area (Å²) in [6, 6.07) is 6.52. The SMILES string of the molecule is O=C([O-])CCCC(=O)c1ccc(Cl)cc1. The summed E-state index contributed by atoms with van der Waals surface area (Å²) in [5, 5.41) is 10.7. The van der Waals surface area contributed by atoms with Crippen molar-refractivity contribution in [1.29, 1.82) is 0 Å². The highest BCUT2D eigenvalue weighted by Crippen LogP contribution is 2.12. The molecule has 4 heteroatoms. The zero-order valence-corrected chi connectivity index (χ0v) is 8.79. The summed E-state index contributed by atoms with van der Waals surface area (Å²) >= 11 is 5.66. The molecular weight excluding hydrogens is 216 g/mol. The Balaban J connectivity index is 2.47. The van der Waals surface area contributed by atoms with Gasteiger partial charge in [-0.1, -0.05) is 11.6 Å². The quantitative estimate of drug-likeness (QED) is 0.713. The molecule has 0 aliphatic rings. The molecule has 1 aromatic carbocycles. The van der Waals surface area contributed by atoms with E-state index in [0.717, 1.165) is 0 Å². The van der Waals surface area contributed by atoms with Crippen molar-refractivity contribution in [3.63, 3.8) is 0 Å². The van der Waals surface area contributed by atoms with Crippen LogP contribution in [0.2, 0.25) is 5.02 Å². The molecule has 0 aromatic heterocycles. The fraction of sp³-hybridized carbons (Fsp3) is 0.273. The Hall–Kier alpha value is -1.35. The Labute approximate surface area is 92.7 Å². The predicted molar refractivity (Wildman–Crippen MR) is 54.6 cm³/mol. The molecule has 0 atom stereocenters. The first-order valence-electron chi connectivity index (χ1n) is 4.58. The fourth-order valence-corrected chi connectivity index (χ4v) is 1.30. The lowest BCUT2D eigenvalue weighted by Crippen LogP contribution is -2.21. The first kappa shape index (κ1) is 11.7. The van der Waals surface area contributed by atoms with Crippen LogP contribution in [0.25, 0.3) is 0 Å². The molecule has 80 valence electrons. The summed E-state index contributed by atoms with van der Waals surface area (Å²) in [7, 11) is 0. The molecule has 1 rings (SSSR count). The van der Waals surface area contributed by atoms with E-state index in [2.05, 4.69) is 0 Å². The van der Waals surface area contributed by atoms with Crippen LogP contribution in [0.15, 0.2) is 24.3 Å². The number of rotatable bonds is 5. The Morgan fingerprint density at radius 3 is 2.27 bits per heavy atom. The maximum Gasteiger partial charge on any atom is 0.162 e. The number of aliphatic carboxylic acids is 1. The Kier molecular flexibility index (Phi) is 4.31. The number of benzene rings is 1. The van der Waals surface area contributed by atoms with Crippen LogP contribution in [-0.4, -0.2) is 11.8 Å². The van der Waals surface area contributed by atoms with Gasteiger partial charge in [-0.2, -0.15) is 0 Å². The molecule has 0 bridgehead atoms. The van der Waals surface area contributed by atoms with Crippen molar-refractivity contribution < 1.29 is 14.7 Å². The second-order valence-corrected chi connectivity index (χ2v) is 3.59. The molecular formula is C11H10ClO3-. The minimum Gasteiger partial charge on any atom is -0.550 e. The van der Waals surface area contributed by atoms with Crippen LogP contribution in [0.3, 0.4) is 0 Å². The number of carboxylic acids is 1. The van der Waals surface area contributed by atoms with Crippen LogP contribution in [0.1, 0.15) is 29.6 Å². The maximum atomic E-state index is 11.5. The lowest BCUT2D eigenvalue weighted by Gasteiger charge is -2.02. The molecule has 0 saturated carbocycles. The zero-order chi connectivity index (χ0) is 11.3. The molecule has 1 aromatic rings. The second kappa shape index (κ2) is 5.51. The summed E-state index contributed by atoms with van der Waals surface area (Å²) in [4.78, 5) is 21.6. The van der Waals surface area contributed by atoms with Gasteiger partial charge in [0.25, 0.3) is 0 Å². The topological polar surface area (TPSA) is 57.2 Å². The van der Waals surface area contributed by atoms with E-state index in [1.54, 1.807) is 24.3 Å². The highest BCUT2D eigenvalue weighted by molar-refractivity contribution is 6.30. The average molecular weight is 226 g/mol. The summed E-state index contributed by atoms with van der Waals surface area (Å²) in [6.45, 7) is 0. The van der Waals surface area contributed by atoms with E-state index < -0.39 is 5.97 Å². The van der Waals surface area contributed by atoms with Crippen molar-refractivity contribution in [2.24, 2.45) is 0 Å². The molecule has 0 fully saturated rings. The lowest BCUT2D eigenvalue weighted by molar-refractivity contribution is -0.305. The number of hydrogen-bond acceptors (Lipinski definition) is 3. The van der Waals surface area contributed by atoms with E-state index in [4.69, 9.17) is 11.6 Å². The standard InChI is InChI=1S/C11H11ClO3/c12-9-6-4-8(5-7-9)10(13)2-1-3-11(14)15/h4-7H,1-3H2,(H,14,15)/p-1. The number of hydrogen-bond donors (Lipinski definition) is 0. The van der Waals surface area contributed by atoms with E-state index in [1.165, 1.54) is 0 Å². The third-order valence-electron chi connectivity index (χ3n) is 1.95. The van der Waals surface area contributed by atoms with Crippen molar-refractivity contribution in [2.75, 3.05) is 0 Å². The van der Waals surface area contributed by atoms with Crippen molar-refractivity contribution in [1.82, 2.24) is 0 Å². The van der Waals surface area contributed by atoms with Gasteiger partial charge in [0, 0.05) is 23.0 Å². The maximum absolute atomic E-state index is 11.5. The molecule has 0 amide bonds. The van der Waals surface area contributed by atoms with Gasteiger partial charge in [-0.05, 0) is 37.1 Å². The minimum atomic E-state index is -1.13. The van der Waals surface area contributed by atoms with E-state index in [-0.39, 0.29) is 18.6 Å². The minimum absolute atomic E-state index is 0.0760. The van der Waals surface area contributed by atoms with Crippen molar-refractivity contribution in [2.45, 2.75) is 19.3 Å². The molecule has 0 unspecified atom stereocenters. The number of carboxylic acid groups (broad SMARTS) is 1. The van der Waals surface area contributed by atoms with Gasteiger partial charge in [0.05, 0.1) is 0 Å². The van der Waals surface area contributed by atoms with Gasteiger partial charge in [0.1, 0.15) is 0 Å². The molecule has 0 radical (unpaired) electrons. The van der Waals surface area contributed by atoms with Crippen LogP contribution in [0, 0.1) is 0 Å². The Bertz CT molecular complexity index is 357. The largest absolute Gasteiger partial charge is 0.550 e. The summed E-state index contributed by atoms with van der Waals surface area (Å²) < 4.78 is 0. The highest BCUT2D eigenvalue weighted by atomic mass is 35.5. The van der Waals surface area contributed by atoms with Crippen LogP contribution in [-0.2, 0) is 4.79 Å². The first-order chi connectivity index (χ1) is 7.09. The van der Waals surface area contributed by atoms with E-state index in [0.29, 0.717) is 17.0 Å². The summed E-state index contributed by atoms with van der Waals surface area (Å²) in [6.07, 6.45) is 0.443. The zero-order valence-electron chi connectivity index (χ0n) is 8.03. The summed E-state index contributed by atoms with van der Waals surface area (Å²) in [5.74, 6) is -1.20. The van der Waals surface area contributed by atoms with Crippen molar-refractivity contribution in [3.05, 3.63) is 34.9 Å². The van der Waals surface area contributed by atoms with Gasteiger partial charge in [-0.15, -0.1) is 0 Å². The van der Waals surface area contributed by atoms with E-state index >= 15 is 0 Å². The lowest BCUT2D eigenvalue weighted by atomic mass is 10.1. The average Bonchev–Trinajstić information content (AvgIpc) is 2.18. The number of ketones is 1. The van der Waals surface area contributed by atoms with Gasteiger partial charge < -0.3 is 9.90 Å². The normalized spacial score (nSPS) is 9.93. The second-order valence-electron chi connectivity index (χ2n) is 3.16. The van der Waals surface area contributed by atoms with E-state index in [1.807, 2.05) is 0 Å². The van der Waals surface area contributed by atoms with Gasteiger partial charge in [-0.25, -0.2) is 0 Å². The van der Waals surface area contributed by atoms with Crippen LogP contribution >= 0.6 is 11.6 Å². The van der Waals surface area contributed by atoms with Gasteiger partial charge in [0.2, 0.25) is 0 Å². The predicted octanol–water partition coefficient (Wildman–Crippen LogP) is 1.44. The molecule has 3 nitrogen and oxygen atoms in total. The summed E-state index contributed by atoms with van der Waals surface area (Å²) in [5.41, 5.74) is 0.553. The van der Waals surface area contributed by atoms with Gasteiger partial charge in [0.15, 0.2) is 5.78 Å². The molecule has 0 heterocycles. The third-order valence-corrected chi connectivity index (χ3v) is 2.20. The molecule has 0 aliphatic carbocycles. The number of carbonyl (C=O) groups excluding carboxylic acids is 2. The molecule has 0 spiro atoms. The van der Waals surface area contributed by atoms with Gasteiger partial charge in [-0.3, -0.25) is 4.79 Å². The molecule has 0 aliphatic heterocycles. The van der Waals surface area contributed by atoms with E-state index in [9.17, 15) is 14.7 Å². The molecule has 0 saturated heterocycles. The third kappa shape index (κ3) is 4.13. The van der Waals surface area contributed by atoms with Gasteiger partial charge >= 0.3 is 0 Å². The van der Waals surface area contributed by atoms with Crippen LogP contribution in [0.4, 0.5) is 0 Å². The molecule has 15 heavy (non-hydrogen) atoms. The monoisotopic (exact) mass is 225 g/mol. The first-order valence-corrected chi connectivity index (χ1v) is 4.96. The van der Waals surface area contributed by atoms with Crippen LogP contribution in [0.5, 0.6) is 0 Å². The van der Waals surface area contributed by atoms with Crippen molar-refractivity contribution >= 4 is 23.4 Å².